The van der Waals surface area contributed by atoms with Crippen molar-refractivity contribution >= 4 is 11.2 Å². The first-order valence-corrected chi connectivity index (χ1v) is 8.13. The minimum absolute atomic E-state index is 0.163. The Kier molecular flexibility index (Phi) is 4.04. The number of ether oxygens (including phenoxy) is 1. The van der Waals surface area contributed by atoms with Gasteiger partial charge in [0.15, 0.2) is 5.65 Å². The van der Waals surface area contributed by atoms with Gasteiger partial charge in [0, 0.05) is 5.56 Å². The van der Waals surface area contributed by atoms with E-state index in [1.54, 1.807) is 6.20 Å². The van der Waals surface area contributed by atoms with Gasteiger partial charge in [-0.1, -0.05) is 0 Å². The Hall–Kier alpha value is -2.72. The number of aliphatic hydroxyl groups is 1. The average molecular weight is 380 g/mol. The van der Waals surface area contributed by atoms with Crippen molar-refractivity contribution in [1.82, 2.24) is 19.7 Å². The molecule has 0 aliphatic carbocycles. The molecule has 1 aromatic carbocycles. The molecule has 1 aliphatic rings. The number of fused-ring (bicyclic) bond motifs is 1. The highest BCUT2D eigenvalue weighted by Crippen LogP contribution is 2.38. The lowest BCUT2D eigenvalue weighted by atomic mass is 10.0. The second kappa shape index (κ2) is 6.17. The first-order chi connectivity index (χ1) is 12.7. The predicted octanol–water partition coefficient (Wildman–Crippen LogP) is 2.46. The Labute approximate surface area is 151 Å². The van der Waals surface area contributed by atoms with Crippen molar-refractivity contribution in [2.45, 2.75) is 25.2 Å². The molecular formula is C17H15F3N4O3. The van der Waals surface area contributed by atoms with Crippen molar-refractivity contribution in [2.75, 3.05) is 13.2 Å². The third kappa shape index (κ3) is 3.10. The lowest BCUT2D eigenvalue weighted by Gasteiger charge is -2.12. The maximum Gasteiger partial charge on any atom is 0.416 e. The molecule has 0 spiro atoms. The number of aromatic nitrogens is 4. The Morgan fingerprint density at radius 3 is 2.67 bits per heavy atom. The molecule has 1 saturated heterocycles. The summed E-state index contributed by atoms with van der Waals surface area (Å²) >= 11 is 0. The molecule has 1 aliphatic heterocycles. The second-order valence-electron chi connectivity index (χ2n) is 6.43. The van der Waals surface area contributed by atoms with Crippen molar-refractivity contribution in [3.63, 3.8) is 0 Å². The summed E-state index contributed by atoms with van der Waals surface area (Å²) in [4.78, 5) is 8.54. The van der Waals surface area contributed by atoms with Gasteiger partial charge in [-0.05, 0) is 24.6 Å². The van der Waals surface area contributed by atoms with E-state index in [0.29, 0.717) is 18.2 Å². The first-order valence-electron chi connectivity index (χ1n) is 8.13. The molecule has 0 bridgehead atoms. The zero-order chi connectivity index (χ0) is 19.3. The molecule has 10 heteroatoms. The number of hydrogen-bond acceptors (Lipinski definition) is 6. The van der Waals surface area contributed by atoms with Gasteiger partial charge in [-0.3, -0.25) is 4.68 Å². The standard InChI is InChI=1S/C17H15F3N4O3/c1-8-2-9(17(18,19)20)3-13(25)15(8)10-4-21-11-5-24(23-16(11)22-10)12-6-27-7-14(12)26/h2-5,12,14,25-26H,6-7H2,1H3/t12-,14?/m0/s1. The van der Waals surface area contributed by atoms with Gasteiger partial charge in [0.05, 0.1) is 36.9 Å². The Bertz CT molecular complexity index is 995. The van der Waals surface area contributed by atoms with E-state index in [4.69, 9.17) is 4.74 Å². The van der Waals surface area contributed by atoms with Gasteiger partial charge in [-0.25, -0.2) is 9.97 Å². The van der Waals surface area contributed by atoms with E-state index in [0.717, 1.165) is 6.07 Å². The second-order valence-corrected chi connectivity index (χ2v) is 6.43. The summed E-state index contributed by atoms with van der Waals surface area (Å²) in [6.45, 7) is 1.98. The first kappa shape index (κ1) is 17.7. The fourth-order valence-electron chi connectivity index (χ4n) is 3.16. The largest absolute Gasteiger partial charge is 0.507 e. The van der Waals surface area contributed by atoms with E-state index in [2.05, 4.69) is 15.1 Å². The monoisotopic (exact) mass is 380 g/mol. The smallest absolute Gasteiger partial charge is 0.416 e. The number of nitrogens with zero attached hydrogens (tertiary/aromatic N) is 4. The quantitative estimate of drug-likeness (QED) is 0.710. The van der Waals surface area contributed by atoms with Gasteiger partial charge in [-0.2, -0.15) is 18.3 Å². The van der Waals surface area contributed by atoms with Crippen LogP contribution in [0.25, 0.3) is 22.4 Å². The molecule has 2 aromatic heterocycles. The predicted molar refractivity (Wildman–Crippen MR) is 88.0 cm³/mol. The van der Waals surface area contributed by atoms with E-state index in [1.165, 1.54) is 17.8 Å². The lowest BCUT2D eigenvalue weighted by Crippen LogP contribution is -2.22. The van der Waals surface area contributed by atoms with Crippen LogP contribution in [0.3, 0.4) is 0 Å². The van der Waals surface area contributed by atoms with Gasteiger partial charge in [-0.15, -0.1) is 0 Å². The van der Waals surface area contributed by atoms with Crippen molar-refractivity contribution in [3.8, 4) is 17.0 Å². The molecule has 3 aromatic rings. The van der Waals surface area contributed by atoms with Crippen LogP contribution in [-0.4, -0.2) is 49.3 Å². The topological polar surface area (TPSA) is 93.3 Å². The number of aryl methyl sites for hydroxylation is 1. The van der Waals surface area contributed by atoms with Crippen LogP contribution in [-0.2, 0) is 10.9 Å². The van der Waals surface area contributed by atoms with Crippen molar-refractivity contribution < 1.29 is 28.1 Å². The van der Waals surface area contributed by atoms with Crippen molar-refractivity contribution in [1.29, 1.82) is 0 Å². The summed E-state index contributed by atoms with van der Waals surface area (Å²) < 4.78 is 45.4. The summed E-state index contributed by atoms with van der Waals surface area (Å²) in [7, 11) is 0. The van der Waals surface area contributed by atoms with Gasteiger partial charge < -0.3 is 14.9 Å². The van der Waals surface area contributed by atoms with Gasteiger partial charge >= 0.3 is 6.18 Å². The maximum atomic E-state index is 12.9. The molecular weight excluding hydrogens is 365 g/mol. The van der Waals surface area contributed by atoms with Crippen LogP contribution in [0.15, 0.2) is 24.5 Å². The highest BCUT2D eigenvalue weighted by atomic mass is 19.4. The fourth-order valence-corrected chi connectivity index (χ4v) is 3.16. The number of halogens is 3. The molecule has 3 heterocycles. The molecule has 4 rings (SSSR count). The highest BCUT2D eigenvalue weighted by molar-refractivity contribution is 5.77. The Balaban J connectivity index is 1.76. The summed E-state index contributed by atoms with van der Waals surface area (Å²) in [5, 5.41) is 24.3. The van der Waals surface area contributed by atoms with Gasteiger partial charge in [0.25, 0.3) is 0 Å². The van der Waals surface area contributed by atoms with E-state index in [9.17, 15) is 23.4 Å². The minimum Gasteiger partial charge on any atom is -0.507 e. The van der Waals surface area contributed by atoms with Gasteiger partial charge in [0.2, 0.25) is 0 Å². The normalized spacial score (nSPS) is 20.5. The van der Waals surface area contributed by atoms with E-state index < -0.39 is 23.6 Å². The van der Waals surface area contributed by atoms with E-state index >= 15 is 0 Å². The minimum atomic E-state index is -4.56. The number of rotatable bonds is 2. The van der Waals surface area contributed by atoms with Crippen LogP contribution in [0.1, 0.15) is 17.2 Å². The number of alkyl halides is 3. The molecule has 1 fully saturated rings. The molecule has 2 N–H and O–H groups in total. The fraction of sp³-hybridized carbons (Fsp3) is 0.353. The summed E-state index contributed by atoms with van der Waals surface area (Å²) in [5.41, 5.74) is 0.368. The SMILES string of the molecule is Cc1cc(C(F)(F)F)cc(O)c1-c1cnc2cn([C@H]3COCC3O)nc2n1. The molecule has 142 valence electrons. The van der Waals surface area contributed by atoms with Crippen LogP contribution >= 0.6 is 0 Å². The summed E-state index contributed by atoms with van der Waals surface area (Å²) in [5.74, 6) is -0.532. The number of aromatic hydroxyl groups is 1. The van der Waals surface area contributed by atoms with Crippen LogP contribution in [0, 0.1) is 6.92 Å². The number of phenolic OH excluding ortho intramolecular Hbond substituents is 1. The number of aliphatic hydroxyl groups excluding tert-OH is 1. The number of phenols is 1. The van der Waals surface area contributed by atoms with Crippen LogP contribution < -0.4 is 0 Å². The van der Waals surface area contributed by atoms with Gasteiger partial charge in [0.1, 0.15) is 23.4 Å². The van der Waals surface area contributed by atoms with Crippen LogP contribution in [0.2, 0.25) is 0 Å². The lowest BCUT2D eigenvalue weighted by molar-refractivity contribution is -0.137. The molecule has 0 radical (unpaired) electrons. The molecule has 7 nitrogen and oxygen atoms in total. The number of hydrogen-bond donors (Lipinski definition) is 2. The molecule has 2 atom stereocenters. The zero-order valence-corrected chi connectivity index (χ0v) is 14.1. The molecule has 0 saturated carbocycles. The average Bonchev–Trinajstić information content (AvgIpc) is 3.18. The highest BCUT2D eigenvalue weighted by Gasteiger charge is 2.32. The summed E-state index contributed by atoms with van der Waals surface area (Å²) in [6, 6.07) is 1.26. The maximum absolute atomic E-state index is 12.9. The molecule has 1 unspecified atom stereocenters. The molecule has 0 amide bonds. The Morgan fingerprint density at radius 1 is 1.26 bits per heavy atom. The third-order valence-electron chi connectivity index (χ3n) is 4.51. The van der Waals surface area contributed by atoms with Crippen molar-refractivity contribution in [3.05, 3.63) is 35.7 Å². The van der Waals surface area contributed by atoms with Crippen molar-refractivity contribution in [2.24, 2.45) is 0 Å². The Morgan fingerprint density at radius 2 is 2.04 bits per heavy atom. The molecule has 27 heavy (non-hydrogen) atoms. The number of benzene rings is 1. The van der Waals surface area contributed by atoms with Crippen LogP contribution in [0.4, 0.5) is 13.2 Å². The van der Waals surface area contributed by atoms with E-state index in [-0.39, 0.29) is 35.1 Å². The zero-order valence-electron chi connectivity index (χ0n) is 14.1. The van der Waals surface area contributed by atoms with Crippen LogP contribution in [0.5, 0.6) is 5.75 Å². The summed E-state index contributed by atoms with van der Waals surface area (Å²) in [6.07, 6.45) is -2.27. The third-order valence-corrected chi connectivity index (χ3v) is 4.51. The van der Waals surface area contributed by atoms with E-state index in [1.807, 2.05) is 0 Å².